The van der Waals surface area contributed by atoms with Gasteiger partial charge in [0.05, 0.1) is 22.7 Å². The number of aliphatic hydroxyl groups is 1. The molecule has 1 atom stereocenters. The van der Waals surface area contributed by atoms with Gasteiger partial charge in [0.15, 0.2) is 6.10 Å². The van der Waals surface area contributed by atoms with Gasteiger partial charge >= 0.3 is 5.97 Å². The number of esters is 1. The SMILES string of the molecule is COc1ccc(C(O)=C2C(=O)C(=O)OC2c2cccc(Cl)c2Cl)cc1. The van der Waals surface area contributed by atoms with Crippen molar-refractivity contribution in [1.29, 1.82) is 0 Å². The van der Waals surface area contributed by atoms with Crippen LogP contribution in [0.4, 0.5) is 0 Å². The average Bonchev–Trinajstić information content (AvgIpc) is 2.91. The highest BCUT2D eigenvalue weighted by molar-refractivity contribution is 6.45. The van der Waals surface area contributed by atoms with Gasteiger partial charge < -0.3 is 14.6 Å². The molecule has 0 aliphatic carbocycles. The second-order valence-corrected chi connectivity index (χ2v) is 6.03. The summed E-state index contributed by atoms with van der Waals surface area (Å²) in [7, 11) is 1.51. The quantitative estimate of drug-likeness (QED) is 0.376. The van der Waals surface area contributed by atoms with E-state index >= 15 is 0 Å². The smallest absolute Gasteiger partial charge is 0.380 e. The Labute approximate surface area is 153 Å². The number of aliphatic hydroxyl groups excluding tert-OH is 1. The fraction of sp³-hybridized carbons (Fsp3) is 0.111. The van der Waals surface area contributed by atoms with E-state index in [4.69, 9.17) is 32.7 Å². The first-order chi connectivity index (χ1) is 11.9. The van der Waals surface area contributed by atoms with Crippen molar-refractivity contribution in [3.05, 3.63) is 69.2 Å². The zero-order valence-electron chi connectivity index (χ0n) is 13.0. The van der Waals surface area contributed by atoms with Crippen LogP contribution in [-0.2, 0) is 14.3 Å². The summed E-state index contributed by atoms with van der Waals surface area (Å²) < 4.78 is 10.2. The predicted molar refractivity (Wildman–Crippen MR) is 92.8 cm³/mol. The number of methoxy groups -OCH3 is 1. The van der Waals surface area contributed by atoms with Gasteiger partial charge in [-0.15, -0.1) is 0 Å². The number of ketones is 1. The highest BCUT2D eigenvalue weighted by Crippen LogP contribution is 2.41. The van der Waals surface area contributed by atoms with Crippen molar-refractivity contribution < 1.29 is 24.2 Å². The number of carbonyl (C=O) groups excluding carboxylic acids is 2. The molecule has 2 aromatic carbocycles. The Kier molecular flexibility index (Phi) is 4.70. The second-order valence-electron chi connectivity index (χ2n) is 5.25. The molecule has 0 bridgehead atoms. The summed E-state index contributed by atoms with van der Waals surface area (Å²) in [5.41, 5.74) is 0.480. The molecule has 2 aromatic rings. The number of halogens is 2. The second kappa shape index (κ2) is 6.78. The maximum Gasteiger partial charge on any atom is 0.380 e. The molecule has 5 nitrogen and oxygen atoms in total. The fourth-order valence-electron chi connectivity index (χ4n) is 2.53. The van der Waals surface area contributed by atoms with E-state index in [0.29, 0.717) is 16.9 Å². The van der Waals surface area contributed by atoms with Crippen molar-refractivity contribution in [2.75, 3.05) is 7.11 Å². The summed E-state index contributed by atoms with van der Waals surface area (Å²) >= 11 is 12.2. The Balaban J connectivity index is 2.13. The zero-order chi connectivity index (χ0) is 18.1. The van der Waals surface area contributed by atoms with Crippen molar-refractivity contribution in [2.24, 2.45) is 0 Å². The van der Waals surface area contributed by atoms with Crippen molar-refractivity contribution in [1.82, 2.24) is 0 Å². The standard InChI is InChI=1S/C18H12Cl2O5/c1-24-10-7-5-9(6-8-10)15(21)13-16(22)18(23)25-17(13)11-3-2-4-12(19)14(11)20/h2-8,17,21H,1H3. The van der Waals surface area contributed by atoms with E-state index in [-0.39, 0.29) is 21.4 Å². The number of hydrogen-bond donors (Lipinski definition) is 1. The molecule has 128 valence electrons. The van der Waals surface area contributed by atoms with Crippen LogP contribution in [0.25, 0.3) is 5.76 Å². The molecule has 1 unspecified atom stereocenters. The van der Waals surface area contributed by atoms with Crippen LogP contribution in [0.2, 0.25) is 10.0 Å². The topological polar surface area (TPSA) is 72.8 Å². The maximum atomic E-state index is 12.2. The van der Waals surface area contributed by atoms with Crippen LogP contribution in [0, 0.1) is 0 Å². The van der Waals surface area contributed by atoms with Gasteiger partial charge in [0.25, 0.3) is 5.78 Å². The molecular weight excluding hydrogens is 367 g/mol. The number of cyclic esters (lactones) is 1. The minimum Gasteiger partial charge on any atom is -0.507 e. The molecule has 0 radical (unpaired) electrons. The molecule has 0 aromatic heterocycles. The normalized spacial score (nSPS) is 18.9. The molecule has 1 aliphatic heterocycles. The summed E-state index contributed by atoms with van der Waals surface area (Å²) in [4.78, 5) is 24.0. The number of Topliss-reactive ketones (excluding diaryl/α,β-unsaturated/α-hetero) is 1. The van der Waals surface area contributed by atoms with Crippen molar-refractivity contribution in [3.8, 4) is 5.75 Å². The number of carbonyl (C=O) groups is 2. The minimum atomic E-state index is -1.13. The molecule has 0 amide bonds. The van der Waals surface area contributed by atoms with Crippen molar-refractivity contribution in [2.45, 2.75) is 6.10 Å². The van der Waals surface area contributed by atoms with Crippen LogP contribution in [0.15, 0.2) is 48.0 Å². The Morgan fingerprint density at radius 2 is 1.80 bits per heavy atom. The van der Waals surface area contributed by atoms with Crippen LogP contribution in [0.5, 0.6) is 5.75 Å². The highest BCUT2D eigenvalue weighted by atomic mass is 35.5. The Morgan fingerprint density at radius 3 is 2.44 bits per heavy atom. The molecule has 0 spiro atoms. The van der Waals surface area contributed by atoms with Crippen molar-refractivity contribution >= 4 is 40.7 Å². The summed E-state index contributed by atoms with van der Waals surface area (Å²) in [5, 5.41) is 11.0. The van der Waals surface area contributed by atoms with Gasteiger partial charge in [-0.2, -0.15) is 0 Å². The summed E-state index contributed by atoms with van der Waals surface area (Å²) in [6.45, 7) is 0. The largest absolute Gasteiger partial charge is 0.507 e. The van der Waals surface area contributed by atoms with Gasteiger partial charge in [0, 0.05) is 11.1 Å². The Morgan fingerprint density at radius 1 is 1.12 bits per heavy atom. The van der Waals surface area contributed by atoms with Crippen LogP contribution in [-0.4, -0.2) is 24.0 Å². The van der Waals surface area contributed by atoms with Gasteiger partial charge in [-0.05, 0) is 30.3 Å². The summed E-state index contributed by atoms with van der Waals surface area (Å²) in [6.07, 6.45) is -1.13. The molecule has 1 saturated heterocycles. The predicted octanol–water partition coefficient (Wildman–Crippen LogP) is 4.14. The van der Waals surface area contributed by atoms with E-state index in [1.165, 1.54) is 7.11 Å². The zero-order valence-corrected chi connectivity index (χ0v) is 14.5. The van der Waals surface area contributed by atoms with Gasteiger partial charge in [-0.25, -0.2) is 4.79 Å². The van der Waals surface area contributed by atoms with Gasteiger partial charge in [0.1, 0.15) is 11.5 Å². The molecule has 1 fully saturated rings. The lowest BCUT2D eigenvalue weighted by Crippen LogP contribution is -2.08. The van der Waals surface area contributed by atoms with Gasteiger partial charge in [-0.3, -0.25) is 4.79 Å². The molecule has 1 N–H and O–H groups in total. The average molecular weight is 379 g/mol. The van der Waals surface area contributed by atoms with Gasteiger partial charge in [-0.1, -0.05) is 35.3 Å². The molecule has 7 heteroatoms. The van der Waals surface area contributed by atoms with E-state index in [2.05, 4.69) is 0 Å². The number of ether oxygens (including phenoxy) is 2. The van der Waals surface area contributed by atoms with Crippen LogP contribution in [0.1, 0.15) is 17.2 Å². The number of rotatable bonds is 3. The number of hydrogen-bond acceptors (Lipinski definition) is 5. The van der Waals surface area contributed by atoms with E-state index in [9.17, 15) is 14.7 Å². The molecular formula is C18H12Cl2O5. The van der Waals surface area contributed by atoms with E-state index < -0.39 is 17.9 Å². The van der Waals surface area contributed by atoms with E-state index in [1.54, 1.807) is 42.5 Å². The third-order valence-electron chi connectivity index (χ3n) is 3.80. The lowest BCUT2D eigenvalue weighted by molar-refractivity contribution is -0.149. The van der Waals surface area contributed by atoms with Crippen LogP contribution >= 0.6 is 23.2 Å². The third kappa shape index (κ3) is 3.08. The Hall–Kier alpha value is -2.50. The lowest BCUT2D eigenvalue weighted by Gasteiger charge is -2.14. The Bertz CT molecular complexity index is 887. The maximum absolute atomic E-state index is 12.2. The number of benzene rings is 2. The van der Waals surface area contributed by atoms with E-state index in [1.807, 2.05) is 0 Å². The molecule has 3 rings (SSSR count). The first kappa shape index (κ1) is 17.3. The molecule has 1 aliphatic rings. The summed E-state index contributed by atoms with van der Waals surface area (Å²) in [5.74, 6) is -1.76. The van der Waals surface area contributed by atoms with Crippen LogP contribution in [0.3, 0.4) is 0 Å². The van der Waals surface area contributed by atoms with Crippen LogP contribution < -0.4 is 4.74 Å². The van der Waals surface area contributed by atoms with Crippen molar-refractivity contribution in [3.63, 3.8) is 0 Å². The lowest BCUT2D eigenvalue weighted by atomic mass is 9.96. The highest BCUT2D eigenvalue weighted by Gasteiger charge is 2.43. The molecule has 0 saturated carbocycles. The van der Waals surface area contributed by atoms with E-state index in [0.717, 1.165) is 0 Å². The third-order valence-corrected chi connectivity index (χ3v) is 4.63. The van der Waals surface area contributed by atoms with Gasteiger partial charge in [0.2, 0.25) is 0 Å². The molecule has 25 heavy (non-hydrogen) atoms. The minimum absolute atomic E-state index is 0.150. The monoisotopic (exact) mass is 378 g/mol. The first-order valence-electron chi connectivity index (χ1n) is 7.20. The summed E-state index contributed by atoms with van der Waals surface area (Å²) in [6, 6.07) is 11.1. The molecule has 1 heterocycles. The first-order valence-corrected chi connectivity index (χ1v) is 7.96. The fourth-order valence-corrected chi connectivity index (χ4v) is 2.93.